The molecule has 0 bridgehead atoms. The van der Waals surface area contributed by atoms with E-state index in [0.29, 0.717) is 10.6 Å². The number of nitrogens with zero attached hydrogens (tertiary/aromatic N) is 1. The quantitative estimate of drug-likeness (QED) is 0.909. The zero-order valence-electron chi connectivity index (χ0n) is 12.7. The summed E-state index contributed by atoms with van der Waals surface area (Å²) in [6, 6.07) is 8.01. The number of amides is 1. The number of hydrogen-bond donors (Lipinski definition) is 1. The molecule has 0 aliphatic heterocycles. The molecule has 2 N–H and O–H groups in total. The van der Waals surface area contributed by atoms with E-state index in [1.54, 1.807) is 4.90 Å². The van der Waals surface area contributed by atoms with Crippen molar-refractivity contribution in [2.75, 3.05) is 12.8 Å². The highest BCUT2D eigenvalue weighted by Gasteiger charge is 2.29. The molecular formula is C16H22N2OS. The van der Waals surface area contributed by atoms with Crippen LogP contribution in [0.3, 0.4) is 0 Å². The Balaban J connectivity index is 2.39. The lowest BCUT2D eigenvalue weighted by Gasteiger charge is -2.35. The first-order valence-electron chi connectivity index (χ1n) is 6.77. The van der Waals surface area contributed by atoms with Crippen molar-refractivity contribution in [1.82, 2.24) is 4.90 Å². The monoisotopic (exact) mass is 290 g/mol. The van der Waals surface area contributed by atoms with Gasteiger partial charge in [0.1, 0.15) is 4.88 Å². The van der Waals surface area contributed by atoms with Gasteiger partial charge in [0.05, 0.1) is 5.69 Å². The zero-order chi connectivity index (χ0) is 15.1. The molecule has 1 heterocycles. The van der Waals surface area contributed by atoms with Gasteiger partial charge < -0.3 is 10.6 Å². The van der Waals surface area contributed by atoms with Crippen LogP contribution in [0.4, 0.5) is 5.69 Å². The van der Waals surface area contributed by atoms with Gasteiger partial charge in [-0.3, -0.25) is 4.79 Å². The van der Waals surface area contributed by atoms with E-state index < -0.39 is 0 Å². The minimum absolute atomic E-state index is 0.00567. The van der Waals surface area contributed by atoms with Gasteiger partial charge in [-0.15, -0.1) is 11.3 Å². The molecule has 20 heavy (non-hydrogen) atoms. The summed E-state index contributed by atoms with van der Waals surface area (Å²) in [5.41, 5.74) is 6.79. The van der Waals surface area contributed by atoms with Crippen LogP contribution in [-0.2, 0) is 0 Å². The SMILES string of the molecule is CC(N(C)C(=O)c1sc2ccccc2c1N)C(C)(C)C. The van der Waals surface area contributed by atoms with E-state index in [-0.39, 0.29) is 17.4 Å². The number of benzene rings is 1. The molecule has 3 nitrogen and oxygen atoms in total. The third-order valence-corrected chi connectivity index (χ3v) is 5.16. The number of rotatable bonds is 2. The standard InChI is InChI=1S/C16H22N2OS/c1-10(16(2,3)4)18(5)15(19)14-13(17)11-8-6-7-9-12(11)20-14/h6-10H,17H2,1-5H3. The third kappa shape index (κ3) is 2.52. The highest BCUT2D eigenvalue weighted by Crippen LogP contribution is 2.35. The van der Waals surface area contributed by atoms with Crippen LogP contribution in [0, 0.1) is 5.41 Å². The summed E-state index contributed by atoms with van der Waals surface area (Å²) in [5, 5.41) is 0.970. The molecule has 0 aliphatic carbocycles. The second-order valence-electron chi connectivity index (χ2n) is 6.30. The molecule has 1 atom stereocenters. The maximum Gasteiger partial charge on any atom is 0.266 e. The molecule has 0 aliphatic rings. The molecule has 0 fully saturated rings. The number of thiophene rings is 1. The summed E-state index contributed by atoms with van der Waals surface area (Å²) in [4.78, 5) is 15.1. The van der Waals surface area contributed by atoms with Crippen LogP contribution >= 0.6 is 11.3 Å². The Bertz CT molecular complexity index is 639. The summed E-state index contributed by atoms with van der Waals surface area (Å²) in [5.74, 6) is 0.00567. The number of nitrogen functional groups attached to an aromatic ring is 1. The van der Waals surface area contributed by atoms with Crippen LogP contribution in [0.25, 0.3) is 10.1 Å². The van der Waals surface area contributed by atoms with Crippen LogP contribution in [0.2, 0.25) is 0 Å². The van der Waals surface area contributed by atoms with Crippen molar-refractivity contribution in [2.24, 2.45) is 5.41 Å². The summed E-state index contributed by atoms with van der Waals surface area (Å²) in [6.45, 7) is 8.47. The van der Waals surface area contributed by atoms with E-state index in [0.717, 1.165) is 10.1 Å². The number of hydrogen-bond acceptors (Lipinski definition) is 3. The Morgan fingerprint density at radius 3 is 2.45 bits per heavy atom. The van der Waals surface area contributed by atoms with Crippen molar-refractivity contribution in [3.05, 3.63) is 29.1 Å². The second-order valence-corrected chi connectivity index (χ2v) is 7.35. The molecule has 4 heteroatoms. The van der Waals surface area contributed by atoms with Crippen molar-refractivity contribution in [3.8, 4) is 0 Å². The molecule has 0 saturated heterocycles. The van der Waals surface area contributed by atoms with Gasteiger partial charge in [-0.1, -0.05) is 39.0 Å². The summed E-state index contributed by atoms with van der Waals surface area (Å²) < 4.78 is 1.06. The van der Waals surface area contributed by atoms with Gasteiger partial charge in [-0.25, -0.2) is 0 Å². The fraction of sp³-hybridized carbons (Fsp3) is 0.438. The Kier molecular flexibility index (Phi) is 3.78. The summed E-state index contributed by atoms with van der Waals surface area (Å²) >= 11 is 1.47. The van der Waals surface area contributed by atoms with Gasteiger partial charge in [0.15, 0.2) is 0 Å². The molecule has 2 aromatic rings. The lowest BCUT2D eigenvalue weighted by atomic mass is 9.87. The molecule has 1 unspecified atom stereocenters. The zero-order valence-corrected chi connectivity index (χ0v) is 13.5. The molecule has 108 valence electrons. The van der Waals surface area contributed by atoms with Crippen molar-refractivity contribution in [3.63, 3.8) is 0 Å². The Labute approximate surface area is 124 Å². The van der Waals surface area contributed by atoms with Crippen molar-refractivity contribution < 1.29 is 4.79 Å². The Hall–Kier alpha value is -1.55. The van der Waals surface area contributed by atoms with Gasteiger partial charge >= 0.3 is 0 Å². The molecule has 0 saturated carbocycles. The highest BCUT2D eigenvalue weighted by atomic mass is 32.1. The largest absolute Gasteiger partial charge is 0.397 e. The Morgan fingerprint density at radius 1 is 1.30 bits per heavy atom. The predicted molar refractivity (Wildman–Crippen MR) is 87.2 cm³/mol. The van der Waals surface area contributed by atoms with Crippen molar-refractivity contribution in [1.29, 1.82) is 0 Å². The average molecular weight is 290 g/mol. The lowest BCUT2D eigenvalue weighted by molar-refractivity contribution is 0.0635. The minimum Gasteiger partial charge on any atom is -0.397 e. The highest BCUT2D eigenvalue weighted by molar-refractivity contribution is 7.21. The number of carbonyl (C=O) groups excluding carboxylic acids is 1. The van der Waals surface area contributed by atoms with E-state index in [1.807, 2.05) is 31.3 Å². The Morgan fingerprint density at radius 2 is 1.90 bits per heavy atom. The predicted octanol–water partition coefficient (Wildman–Crippen LogP) is 3.99. The topological polar surface area (TPSA) is 46.3 Å². The number of nitrogens with two attached hydrogens (primary N) is 1. The van der Waals surface area contributed by atoms with E-state index >= 15 is 0 Å². The van der Waals surface area contributed by atoms with Crippen LogP contribution in [0.1, 0.15) is 37.4 Å². The fourth-order valence-corrected chi connectivity index (χ4v) is 3.25. The second kappa shape index (κ2) is 5.09. The van der Waals surface area contributed by atoms with Crippen molar-refractivity contribution in [2.45, 2.75) is 33.7 Å². The lowest BCUT2D eigenvalue weighted by Crippen LogP contribution is -2.42. The molecule has 0 spiro atoms. The molecule has 2 rings (SSSR count). The summed E-state index contributed by atoms with van der Waals surface area (Å²) in [6.07, 6.45) is 0. The van der Waals surface area contributed by atoms with Gasteiger partial charge in [0, 0.05) is 23.2 Å². The maximum atomic E-state index is 12.7. The van der Waals surface area contributed by atoms with Crippen molar-refractivity contribution >= 4 is 33.0 Å². The fourth-order valence-electron chi connectivity index (χ4n) is 2.14. The van der Waals surface area contributed by atoms with E-state index in [2.05, 4.69) is 27.7 Å². The molecule has 0 radical (unpaired) electrons. The minimum atomic E-state index is 0.00567. The molecule has 1 aromatic carbocycles. The van der Waals surface area contributed by atoms with Gasteiger partial charge in [-0.05, 0) is 18.4 Å². The first kappa shape index (κ1) is 14.9. The number of anilines is 1. The number of fused-ring (bicyclic) bond motifs is 1. The number of carbonyl (C=O) groups is 1. The van der Waals surface area contributed by atoms with Gasteiger partial charge in [0.2, 0.25) is 0 Å². The first-order valence-corrected chi connectivity index (χ1v) is 7.59. The first-order chi connectivity index (χ1) is 9.23. The maximum absolute atomic E-state index is 12.7. The van der Waals surface area contributed by atoms with Gasteiger partial charge in [0.25, 0.3) is 5.91 Å². The van der Waals surface area contributed by atoms with Crippen LogP contribution in [0.5, 0.6) is 0 Å². The van der Waals surface area contributed by atoms with E-state index in [1.165, 1.54) is 11.3 Å². The molecular weight excluding hydrogens is 268 g/mol. The van der Waals surface area contributed by atoms with E-state index in [9.17, 15) is 4.79 Å². The van der Waals surface area contributed by atoms with Crippen LogP contribution in [-0.4, -0.2) is 23.9 Å². The summed E-state index contributed by atoms with van der Waals surface area (Å²) in [7, 11) is 1.85. The smallest absolute Gasteiger partial charge is 0.266 e. The molecule has 1 amide bonds. The van der Waals surface area contributed by atoms with Crippen LogP contribution in [0.15, 0.2) is 24.3 Å². The average Bonchev–Trinajstić information content (AvgIpc) is 2.73. The normalized spacial score (nSPS) is 13.4. The van der Waals surface area contributed by atoms with Crippen LogP contribution < -0.4 is 5.73 Å². The van der Waals surface area contributed by atoms with Gasteiger partial charge in [-0.2, -0.15) is 0 Å². The van der Waals surface area contributed by atoms with E-state index in [4.69, 9.17) is 5.73 Å². The molecule has 1 aromatic heterocycles. The third-order valence-electron chi connectivity index (χ3n) is 3.98.